The Kier molecular flexibility index (Phi) is 4.90. The molecule has 1 aromatic carbocycles. The van der Waals surface area contributed by atoms with Crippen molar-refractivity contribution in [3.05, 3.63) is 75.8 Å². The lowest BCUT2D eigenvalue weighted by molar-refractivity contribution is 0.0915. The summed E-state index contributed by atoms with van der Waals surface area (Å²) in [7, 11) is 0. The lowest BCUT2D eigenvalue weighted by atomic mass is 10.2. The highest BCUT2D eigenvalue weighted by Crippen LogP contribution is 2.11. The number of carbonyl (C=O) groups is 1. The molecule has 3 heterocycles. The van der Waals surface area contributed by atoms with Gasteiger partial charge in [-0.25, -0.2) is 9.67 Å². The maximum absolute atomic E-state index is 12.7. The van der Waals surface area contributed by atoms with E-state index in [-0.39, 0.29) is 17.2 Å². The summed E-state index contributed by atoms with van der Waals surface area (Å²) >= 11 is 5.89. The molecule has 4 aromatic rings. The normalized spacial score (nSPS) is 11.0. The zero-order chi connectivity index (χ0) is 19.5. The van der Waals surface area contributed by atoms with Gasteiger partial charge in [-0.3, -0.25) is 14.2 Å². The van der Waals surface area contributed by atoms with Crippen molar-refractivity contribution >= 4 is 28.5 Å². The van der Waals surface area contributed by atoms with Crippen molar-refractivity contribution < 1.29 is 9.32 Å². The first-order chi connectivity index (χ1) is 13.6. The molecule has 1 amide bonds. The number of rotatable bonds is 6. The SMILES string of the molecule is O=C(NCCn1ncc2c(=O)n(Cc3ccc(Cl)cc3)cnc21)c1ccno1. The Balaban J connectivity index is 1.47. The van der Waals surface area contributed by atoms with E-state index in [4.69, 9.17) is 16.1 Å². The van der Waals surface area contributed by atoms with Crippen LogP contribution in [0.15, 0.2) is 58.4 Å². The highest BCUT2D eigenvalue weighted by molar-refractivity contribution is 6.30. The van der Waals surface area contributed by atoms with E-state index in [0.29, 0.717) is 35.7 Å². The minimum absolute atomic E-state index is 0.133. The molecular formula is C18H15ClN6O3. The number of nitrogens with zero attached hydrogens (tertiary/aromatic N) is 5. The van der Waals surface area contributed by atoms with E-state index in [0.717, 1.165) is 5.56 Å². The van der Waals surface area contributed by atoms with Crippen molar-refractivity contribution in [3.8, 4) is 0 Å². The lowest BCUT2D eigenvalue weighted by Crippen LogP contribution is -2.27. The minimum atomic E-state index is -0.368. The van der Waals surface area contributed by atoms with Crippen LogP contribution in [0.1, 0.15) is 16.1 Å². The number of hydrogen-bond acceptors (Lipinski definition) is 6. The molecule has 0 saturated carbocycles. The molecule has 0 fully saturated rings. The molecular weight excluding hydrogens is 384 g/mol. The first-order valence-electron chi connectivity index (χ1n) is 8.46. The number of benzene rings is 1. The van der Waals surface area contributed by atoms with Gasteiger partial charge in [0.05, 0.1) is 25.5 Å². The molecule has 1 N–H and O–H groups in total. The van der Waals surface area contributed by atoms with Gasteiger partial charge in [0.15, 0.2) is 5.65 Å². The lowest BCUT2D eigenvalue weighted by Gasteiger charge is -2.07. The van der Waals surface area contributed by atoms with Crippen LogP contribution in [0.3, 0.4) is 0 Å². The zero-order valence-corrected chi connectivity index (χ0v) is 15.3. The number of halogens is 1. The van der Waals surface area contributed by atoms with Gasteiger partial charge in [-0.2, -0.15) is 5.10 Å². The number of hydrogen-bond donors (Lipinski definition) is 1. The van der Waals surface area contributed by atoms with Gasteiger partial charge in [-0.05, 0) is 17.7 Å². The first-order valence-corrected chi connectivity index (χ1v) is 8.84. The van der Waals surface area contributed by atoms with E-state index < -0.39 is 0 Å². The van der Waals surface area contributed by atoms with Crippen LogP contribution in [-0.2, 0) is 13.1 Å². The number of nitrogens with one attached hydrogen (secondary N) is 1. The van der Waals surface area contributed by atoms with Gasteiger partial charge in [0.25, 0.3) is 11.5 Å². The van der Waals surface area contributed by atoms with E-state index in [9.17, 15) is 9.59 Å². The van der Waals surface area contributed by atoms with Gasteiger partial charge in [0.1, 0.15) is 11.7 Å². The Morgan fingerprint density at radius 2 is 2.04 bits per heavy atom. The van der Waals surface area contributed by atoms with E-state index in [1.54, 1.807) is 16.8 Å². The van der Waals surface area contributed by atoms with Crippen molar-refractivity contribution in [2.24, 2.45) is 0 Å². The van der Waals surface area contributed by atoms with Crippen molar-refractivity contribution in [1.82, 2.24) is 29.8 Å². The van der Waals surface area contributed by atoms with E-state index in [2.05, 4.69) is 20.6 Å². The van der Waals surface area contributed by atoms with E-state index in [1.807, 2.05) is 12.1 Å². The van der Waals surface area contributed by atoms with Crippen molar-refractivity contribution in [1.29, 1.82) is 0 Å². The molecule has 0 aliphatic rings. The second-order valence-electron chi connectivity index (χ2n) is 6.04. The topological polar surface area (TPSA) is 108 Å². The fraction of sp³-hybridized carbons (Fsp3) is 0.167. The zero-order valence-electron chi connectivity index (χ0n) is 14.6. The molecule has 0 saturated heterocycles. The highest BCUT2D eigenvalue weighted by Gasteiger charge is 2.12. The first kappa shape index (κ1) is 17.9. The van der Waals surface area contributed by atoms with Crippen LogP contribution in [0.2, 0.25) is 5.02 Å². The number of fused-ring (bicyclic) bond motifs is 1. The quantitative estimate of drug-likeness (QED) is 0.529. The van der Waals surface area contributed by atoms with Crippen LogP contribution in [0.5, 0.6) is 0 Å². The molecule has 9 nitrogen and oxygen atoms in total. The Bertz CT molecular complexity index is 1160. The summed E-state index contributed by atoms with van der Waals surface area (Å²) in [4.78, 5) is 28.9. The largest absolute Gasteiger partial charge is 0.351 e. The molecule has 0 radical (unpaired) electrons. The summed E-state index contributed by atoms with van der Waals surface area (Å²) in [5, 5.41) is 11.4. The van der Waals surface area contributed by atoms with Crippen LogP contribution < -0.4 is 10.9 Å². The summed E-state index contributed by atoms with van der Waals surface area (Å²) in [5.74, 6) is -0.235. The monoisotopic (exact) mass is 398 g/mol. The van der Waals surface area contributed by atoms with Gasteiger partial charge < -0.3 is 9.84 Å². The van der Waals surface area contributed by atoms with Crippen molar-refractivity contribution in [2.75, 3.05) is 6.54 Å². The molecule has 0 bridgehead atoms. The third-order valence-electron chi connectivity index (χ3n) is 4.16. The summed E-state index contributed by atoms with van der Waals surface area (Å²) in [6.45, 7) is 1.04. The highest BCUT2D eigenvalue weighted by atomic mass is 35.5. The predicted octanol–water partition coefficient (Wildman–Crippen LogP) is 1.71. The van der Waals surface area contributed by atoms with Crippen molar-refractivity contribution in [3.63, 3.8) is 0 Å². The Hall–Kier alpha value is -3.46. The fourth-order valence-electron chi connectivity index (χ4n) is 2.76. The third kappa shape index (κ3) is 3.65. The van der Waals surface area contributed by atoms with E-state index in [1.165, 1.54) is 29.4 Å². The van der Waals surface area contributed by atoms with Gasteiger partial charge in [-0.15, -0.1) is 0 Å². The van der Waals surface area contributed by atoms with Crippen LogP contribution in [-0.4, -0.2) is 36.9 Å². The number of amides is 1. The Morgan fingerprint density at radius 1 is 1.21 bits per heavy atom. The van der Waals surface area contributed by atoms with Gasteiger partial charge in [0, 0.05) is 17.6 Å². The average Bonchev–Trinajstić information content (AvgIpc) is 3.36. The molecule has 3 aromatic heterocycles. The standard InChI is InChI=1S/C18H15ClN6O3/c19-13-3-1-12(2-4-13)10-24-11-21-16-14(18(24)27)9-22-25(16)8-7-20-17(26)15-5-6-23-28-15/h1-6,9,11H,7-8,10H2,(H,20,26). The van der Waals surface area contributed by atoms with Crippen LogP contribution in [0.4, 0.5) is 0 Å². The molecule has 10 heteroatoms. The maximum Gasteiger partial charge on any atom is 0.289 e. The summed E-state index contributed by atoms with van der Waals surface area (Å²) in [5.41, 5.74) is 1.22. The number of aromatic nitrogens is 5. The second-order valence-corrected chi connectivity index (χ2v) is 6.48. The van der Waals surface area contributed by atoms with E-state index >= 15 is 0 Å². The second kappa shape index (κ2) is 7.65. The predicted molar refractivity (Wildman–Crippen MR) is 101 cm³/mol. The van der Waals surface area contributed by atoms with Crippen LogP contribution in [0.25, 0.3) is 11.0 Å². The van der Waals surface area contributed by atoms with Crippen molar-refractivity contribution in [2.45, 2.75) is 13.1 Å². The molecule has 28 heavy (non-hydrogen) atoms. The van der Waals surface area contributed by atoms with Crippen LogP contribution >= 0.6 is 11.6 Å². The average molecular weight is 399 g/mol. The number of carbonyl (C=O) groups excluding carboxylic acids is 1. The minimum Gasteiger partial charge on any atom is -0.351 e. The summed E-state index contributed by atoms with van der Waals surface area (Å²) < 4.78 is 7.88. The third-order valence-corrected chi connectivity index (χ3v) is 4.41. The van der Waals surface area contributed by atoms with Gasteiger partial charge in [0.2, 0.25) is 5.76 Å². The fourth-order valence-corrected chi connectivity index (χ4v) is 2.88. The molecule has 0 atom stereocenters. The molecule has 142 valence electrons. The molecule has 4 rings (SSSR count). The smallest absolute Gasteiger partial charge is 0.289 e. The Morgan fingerprint density at radius 3 is 2.79 bits per heavy atom. The van der Waals surface area contributed by atoms with Crippen LogP contribution in [0, 0.1) is 0 Å². The maximum atomic E-state index is 12.7. The molecule has 0 unspecified atom stereocenters. The Labute approximate surface area is 163 Å². The summed E-state index contributed by atoms with van der Waals surface area (Å²) in [6.07, 6.45) is 4.38. The van der Waals surface area contributed by atoms with Gasteiger partial charge in [-0.1, -0.05) is 28.9 Å². The molecule has 0 spiro atoms. The van der Waals surface area contributed by atoms with Gasteiger partial charge >= 0.3 is 0 Å². The summed E-state index contributed by atoms with van der Waals surface area (Å²) in [6, 6.07) is 8.75. The molecule has 0 aliphatic carbocycles. The molecule has 0 aliphatic heterocycles.